The van der Waals surface area contributed by atoms with Crippen molar-refractivity contribution in [1.29, 1.82) is 0 Å². The monoisotopic (exact) mass is 392 g/mol. The first-order chi connectivity index (χ1) is 12.7. The van der Waals surface area contributed by atoms with Crippen molar-refractivity contribution < 1.29 is 0 Å². The largest absolute Gasteiger partial charge is 0.370 e. The van der Waals surface area contributed by atoms with Gasteiger partial charge in [0.05, 0.1) is 16.4 Å². The second kappa shape index (κ2) is 7.79. The lowest BCUT2D eigenvalue weighted by atomic mass is 9.90. The van der Waals surface area contributed by atoms with Gasteiger partial charge in [0, 0.05) is 23.0 Å². The van der Waals surface area contributed by atoms with Crippen LogP contribution in [-0.2, 0) is 6.42 Å². The molecule has 0 aliphatic carbocycles. The van der Waals surface area contributed by atoms with Gasteiger partial charge in [-0.25, -0.2) is 4.68 Å². The van der Waals surface area contributed by atoms with Crippen LogP contribution in [0.25, 0.3) is 5.69 Å². The van der Waals surface area contributed by atoms with Gasteiger partial charge in [0.1, 0.15) is 5.82 Å². The van der Waals surface area contributed by atoms with Gasteiger partial charge in [0.2, 0.25) is 0 Å². The Morgan fingerprint density at radius 3 is 2.73 bits per heavy atom. The molecule has 1 aromatic heterocycles. The van der Waals surface area contributed by atoms with Crippen LogP contribution in [0.15, 0.2) is 18.2 Å². The fraction of sp³-hybridized carbons (Fsp3) is 0.550. The third kappa shape index (κ3) is 3.47. The van der Waals surface area contributed by atoms with Crippen LogP contribution in [0.2, 0.25) is 10.0 Å². The van der Waals surface area contributed by atoms with Gasteiger partial charge in [-0.1, -0.05) is 30.1 Å². The molecule has 0 amide bonds. The summed E-state index contributed by atoms with van der Waals surface area (Å²) in [5.41, 5.74) is 3.57. The summed E-state index contributed by atoms with van der Waals surface area (Å²) < 4.78 is 2.01. The number of piperidine rings is 1. The standard InChI is InChI=1S/C20H26Cl2N4/c1-2-25-11-8-14(9-12-25)19-16-5-3-4-10-23-20(16)26(24-19)18-7-6-15(21)13-17(18)22/h6-7,13-14,23H,2-5,8-12H2,1H3. The van der Waals surface area contributed by atoms with E-state index in [1.165, 1.54) is 36.9 Å². The third-order valence-electron chi connectivity index (χ3n) is 5.72. The molecule has 0 saturated carbocycles. The molecule has 26 heavy (non-hydrogen) atoms. The van der Waals surface area contributed by atoms with Gasteiger partial charge in [-0.3, -0.25) is 0 Å². The summed E-state index contributed by atoms with van der Waals surface area (Å²) in [6.45, 7) is 6.70. The van der Waals surface area contributed by atoms with Gasteiger partial charge >= 0.3 is 0 Å². The van der Waals surface area contributed by atoms with E-state index >= 15 is 0 Å². The number of halogens is 2. The molecule has 1 saturated heterocycles. The number of benzene rings is 1. The highest BCUT2D eigenvalue weighted by Crippen LogP contribution is 2.37. The number of likely N-dealkylation sites (tertiary alicyclic amines) is 1. The Kier molecular flexibility index (Phi) is 5.44. The quantitative estimate of drug-likeness (QED) is 0.785. The molecule has 4 nitrogen and oxygen atoms in total. The van der Waals surface area contributed by atoms with E-state index in [4.69, 9.17) is 28.3 Å². The first-order valence-corrected chi connectivity index (χ1v) is 10.5. The van der Waals surface area contributed by atoms with E-state index in [9.17, 15) is 0 Å². The number of hydrogen-bond acceptors (Lipinski definition) is 3. The molecule has 3 heterocycles. The fourth-order valence-electron chi connectivity index (χ4n) is 4.21. The molecule has 1 N–H and O–H groups in total. The number of nitrogens with one attached hydrogen (secondary N) is 1. The fourth-order valence-corrected chi connectivity index (χ4v) is 4.70. The van der Waals surface area contributed by atoms with Crippen molar-refractivity contribution in [1.82, 2.24) is 14.7 Å². The SMILES string of the molecule is CCN1CCC(c2nn(-c3ccc(Cl)cc3Cl)c3c2CCCCN3)CC1. The summed E-state index contributed by atoms with van der Waals surface area (Å²) in [4.78, 5) is 2.53. The summed E-state index contributed by atoms with van der Waals surface area (Å²) >= 11 is 12.6. The van der Waals surface area contributed by atoms with Crippen molar-refractivity contribution in [3.63, 3.8) is 0 Å². The molecular weight excluding hydrogens is 367 g/mol. The maximum absolute atomic E-state index is 6.50. The molecule has 1 aromatic carbocycles. The van der Waals surface area contributed by atoms with E-state index in [0.29, 0.717) is 16.0 Å². The zero-order chi connectivity index (χ0) is 18.1. The Balaban J connectivity index is 1.74. The Labute approximate surface area is 165 Å². The van der Waals surface area contributed by atoms with Crippen molar-refractivity contribution in [3.05, 3.63) is 39.5 Å². The zero-order valence-corrected chi connectivity index (χ0v) is 16.8. The zero-order valence-electron chi connectivity index (χ0n) is 15.3. The van der Waals surface area contributed by atoms with Crippen LogP contribution in [-0.4, -0.2) is 40.9 Å². The molecule has 0 spiro atoms. The van der Waals surface area contributed by atoms with Crippen LogP contribution < -0.4 is 5.32 Å². The minimum Gasteiger partial charge on any atom is -0.370 e. The molecule has 4 rings (SSSR count). The minimum absolute atomic E-state index is 0.541. The summed E-state index contributed by atoms with van der Waals surface area (Å²) in [7, 11) is 0. The van der Waals surface area contributed by atoms with Gasteiger partial charge in [-0.15, -0.1) is 0 Å². The van der Waals surface area contributed by atoms with Crippen LogP contribution in [0.5, 0.6) is 0 Å². The minimum atomic E-state index is 0.541. The predicted octanol–water partition coefficient (Wildman–Crippen LogP) is 5.13. The highest BCUT2D eigenvalue weighted by molar-refractivity contribution is 6.35. The van der Waals surface area contributed by atoms with Crippen LogP contribution in [0.3, 0.4) is 0 Å². The molecule has 0 bridgehead atoms. The molecule has 6 heteroatoms. The second-order valence-corrected chi connectivity index (χ2v) is 8.16. The Morgan fingerprint density at radius 1 is 1.19 bits per heavy atom. The van der Waals surface area contributed by atoms with Crippen LogP contribution in [0.1, 0.15) is 49.8 Å². The van der Waals surface area contributed by atoms with E-state index < -0.39 is 0 Å². The maximum Gasteiger partial charge on any atom is 0.133 e. The molecule has 140 valence electrons. The summed E-state index contributed by atoms with van der Waals surface area (Å²) in [6, 6.07) is 5.64. The lowest BCUT2D eigenvalue weighted by Gasteiger charge is -2.30. The van der Waals surface area contributed by atoms with E-state index in [0.717, 1.165) is 44.1 Å². The topological polar surface area (TPSA) is 33.1 Å². The molecule has 2 aromatic rings. The maximum atomic E-state index is 6.50. The van der Waals surface area contributed by atoms with Crippen molar-refractivity contribution >= 4 is 29.0 Å². The van der Waals surface area contributed by atoms with Gasteiger partial charge < -0.3 is 10.2 Å². The highest BCUT2D eigenvalue weighted by atomic mass is 35.5. The van der Waals surface area contributed by atoms with Crippen LogP contribution >= 0.6 is 23.2 Å². The first-order valence-electron chi connectivity index (χ1n) is 9.70. The number of nitrogens with zero attached hydrogens (tertiary/aromatic N) is 3. The normalized spacial score (nSPS) is 19.0. The van der Waals surface area contributed by atoms with Crippen LogP contribution in [0.4, 0.5) is 5.82 Å². The molecule has 1 fully saturated rings. The lowest BCUT2D eigenvalue weighted by molar-refractivity contribution is 0.220. The van der Waals surface area contributed by atoms with Gasteiger partial charge in [0.25, 0.3) is 0 Å². The van der Waals surface area contributed by atoms with Crippen molar-refractivity contribution in [2.75, 3.05) is 31.5 Å². The van der Waals surface area contributed by atoms with E-state index in [1.807, 2.05) is 16.8 Å². The van der Waals surface area contributed by atoms with Crippen LogP contribution in [0, 0.1) is 0 Å². The van der Waals surface area contributed by atoms with E-state index in [1.54, 1.807) is 6.07 Å². The number of anilines is 1. The van der Waals surface area contributed by atoms with Gasteiger partial charge in [0.15, 0.2) is 0 Å². The molecule has 0 atom stereocenters. The molecule has 0 radical (unpaired) electrons. The smallest absolute Gasteiger partial charge is 0.133 e. The number of hydrogen-bond donors (Lipinski definition) is 1. The Morgan fingerprint density at radius 2 is 2.00 bits per heavy atom. The van der Waals surface area contributed by atoms with Crippen molar-refractivity contribution in [2.24, 2.45) is 0 Å². The molecule has 2 aliphatic heterocycles. The average molecular weight is 393 g/mol. The Bertz CT molecular complexity index is 778. The van der Waals surface area contributed by atoms with E-state index in [-0.39, 0.29) is 0 Å². The van der Waals surface area contributed by atoms with Crippen molar-refractivity contribution in [3.8, 4) is 5.69 Å². The molecular formula is C20H26Cl2N4. The number of rotatable bonds is 3. The van der Waals surface area contributed by atoms with Crippen molar-refractivity contribution in [2.45, 2.75) is 44.9 Å². The molecule has 2 aliphatic rings. The van der Waals surface area contributed by atoms with E-state index in [2.05, 4.69) is 17.1 Å². The number of aromatic nitrogens is 2. The predicted molar refractivity (Wildman–Crippen MR) is 109 cm³/mol. The first kappa shape index (κ1) is 18.1. The third-order valence-corrected chi connectivity index (χ3v) is 6.26. The lowest BCUT2D eigenvalue weighted by Crippen LogP contribution is -2.33. The summed E-state index contributed by atoms with van der Waals surface area (Å²) in [5.74, 6) is 1.67. The van der Waals surface area contributed by atoms with Gasteiger partial charge in [-0.05, 0) is 69.9 Å². The average Bonchev–Trinajstić information content (AvgIpc) is 2.83. The highest BCUT2D eigenvalue weighted by Gasteiger charge is 2.29. The second-order valence-electron chi connectivity index (χ2n) is 7.31. The molecule has 0 unspecified atom stereocenters. The Hall–Kier alpha value is -1.23. The summed E-state index contributed by atoms with van der Waals surface area (Å²) in [5, 5.41) is 9.98. The summed E-state index contributed by atoms with van der Waals surface area (Å²) in [6.07, 6.45) is 5.87. The number of fused-ring (bicyclic) bond motifs is 1. The van der Waals surface area contributed by atoms with Gasteiger partial charge in [-0.2, -0.15) is 5.10 Å².